The van der Waals surface area contributed by atoms with E-state index in [9.17, 15) is 0 Å². The van der Waals surface area contributed by atoms with Crippen molar-refractivity contribution in [3.05, 3.63) is 12.7 Å². The van der Waals surface area contributed by atoms with Crippen LogP contribution in [0.3, 0.4) is 0 Å². The molecule has 0 aromatic rings. The summed E-state index contributed by atoms with van der Waals surface area (Å²) in [5.41, 5.74) is 0. The third-order valence-corrected chi connectivity index (χ3v) is 0.816. The van der Waals surface area contributed by atoms with E-state index in [-0.39, 0.29) is 6.10 Å². The van der Waals surface area contributed by atoms with Crippen LogP contribution in [0.1, 0.15) is 33.1 Å². The van der Waals surface area contributed by atoms with Gasteiger partial charge >= 0.3 is 0 Å². The highest BCUT2D eigenvalue weighted by molar-refractivity contribution is 4.64. The number of hydrogen-bond donors (Lipinski definition) is 2. The van der Waals surface area contributed by atoms with E-state index in [0.29, 0.717) is 6.61 Å². The van der Waals surface area contributed by atoms with Gasteiger partial charge in [0.25, 0.3) is 0 Å². The molecule has 11 heavy (non-hydrogen) atoms. The largest absolute Gasteiger partial charge is 0.396 e. The Hall–Kier alpha value is -0.340. The van der Waals surface area contributed by atoms with Crippen molar-refractivity contribution in [2.45, 2.75) is 39.2 Å². The number of hydrogen-bond acceptors (Lipinski definition) is 2. The SMILES string of the molecule is C=CCCCCO.CC(C)O. The highest BCUT2D eigenvalue weighted by Crippen LogP contribution is 1.92. The molecule has 2 nitrogen and oxygen atoms in total. The predicted octanol–water partition coefficient (Wildman–Crippen LogP) is 1.72. The smallest absolute Gasteiger partial charge is 0.0483 e. The minimum absolute atomic E-state index is 0.167. The maximum Gasteiger partial charge on any atom is 0.0483 e. The first-order valence-electron chi connectivity index (χ1n) is 4.05. The first-order valence-corrected chi connectivity index (χ1v) is 4.05. The minimum Gasteiger partial charge on any atom is -0.396 e. The molecule has 0 aliphatic carbocycles. The highest BCUT2D eigenvalue weighted by atomic mass is 16.3. The molecule has 0 saturated carbocycles. The summed E-state index contributed by atoms with van der Waals surface area (Å²) >= 11 is 0. The summed E-state index contributed by atoms with van der Waals surface area (Å²) in [4.78, 5) is 0. The molecule has 0 atom stereocenters. The van der Waals surface area contributed by atoms with Gasteiger partial charge in [0.1, 0.15) is 0 Å². The van der Waals surface area contributed by atoms with Crippen LogP contribution in [0.5, 0.6) is 0 Å². The van der Waals surface area contributed by atoms with E-state index in [4.69, 9.17) is 10.2 Å². The average molecular weight is 160 g/mol. The lowest BCUT2D eigenvalue weighted by atomic mass is 10.2. The Labute approximate surface area is 69.6 Å². The molecule has 0 rings (SSSR count). The van der Waals surface area contributed by atoms with Crippen LogP contribution in [-0.2, 0) is 0 Å². The Balaban J connectivity index is 0. The second-order valence-corrected chi connectivity index (χ2v) is 2.60. The monoisotopic (exact) mass is 160 g/mol. The number of aliphatic hydroxyl groups excluding tert-OH is 2. The molecule has 0 aromatic heterocycles. The molecule has 0 heterocycles. The lowest BCUT2D eigenvalue weighted by molar-refractivity contribution is 0.216. The zero-order valence-corrected chi connectivity index (χ0v) is 7.58. The second kappa shape index (κ2) is 12.3. The summed E-state index contributed by atoms with van der Waals surface area (Å²) in [6, 6.07) is 0. The maximum absolute atomic E-state index is 8.26. The van der Waals surface area contributed by atoms with Crippen molar-refractivity contribution in [1.29, 1.82) is 0 Å². The molecule has 0 amide bonds. The van der Waals surface area contributed by atoms with Crippen molar-refractivity contribution < 1.29 is 10.2 Å². The van der Waals surface area contributed by atoms with Crippen molar-refractivity contribution in [2.75, 3.05) is 6.61 Å². The molecule has 68 valence electrons. The summed E-state index contributed by atoms with van der Waals surface area (Å²) in [5.74, 6) is 0. The molecule has 0 radical (unpaired) electrons. The zero-order chi connectivity index (χ0) is 9.11. The van der Waals surface area contributed by atoms with E-state index in [0.717, 1.165) is 19.3 Å². The van der Waals surface area contributed by atoms with E-state index >= 15 is 0 Å². The summed E-state index contributed by atoms with van der Waals surface area (Å²) in [6.07, 6.45) is 4.71. The third-order valence-electron chi connectivity index (χ3n) is 0.816. The van der Waals surface area contributed by atoms with E-state index in [1.807, 2.05) is 6.08 Å². The van der Waals surface area contributed by atoms with Gasteiger partial charge in [0.05, 0.1) is 0 Å². The Morgan fingerprint density at radius 3 is 2.09 bits per heavy atom. The molecule has 2 heteroatoms. The van der Waals surface area contributed by atoms with Crippen molar-refractivity contribution in [3.63, 3.8) is 0 Å². The molecule has 0 aliphatic heterocycles. The van der Waals surface area contributed by atoms with Crippen LogP contribution in [0.4, 0.5) is 0 Å². The third kappa shape index (κ3) is 42.3. The Kier molecular flexibility index (Phi) is 14.9. The van der Waals surface area contributed by atoms with Gasteiger partial charge in [-0.25, -0.2) is 0 Å². The fourth-order valence-electron chi connectivity index (χ4n) is 0.400. The normalized spacial score (nSPS) is 8.82. The molecule has 0 bridgehead atoms. The maximum atomic E-state index is 8.26. The van der Waals surface area contributed by atoms with Crippen LogP contribution in [0.25, 0.3) is 0 Å². The van der Waals surface area contributed by atoms with Crippen molar-refractivity contribution >= 4 is 0 Å². The summed E-state index contributed by atoms with van der Waals surface area (Å²) < 4.78 is 0. The average Bonchev–Trinajstić information content (AvgIpc) is 1.88. The van der Waals surface area contributed by atoms with Crippen molar-refractivity contribution in [1.82, 2.24) is 0 Å². The van der Waals surface area contributed by atoms with Gasteiger partial charge in [-0.05, 0) is 33.1 Å². The van der Waals surface area contributed by atoms with E-state index < -0.39 is 0 Å². The van der Waals surface area contributed by atoms with E-state index in [1.165, 1.54) is 0 Å². The lowest BCUT2D eigenvalue weighted by Gasteiger charge is -1.87. The summed E-state index contributed by atoms with van der Waals surface area (Å²) in [7, 11) is 0. The fourth-order valence-corrected chi connectivity index (χ4v) is 0.400. The van der Waals surface area contributed by atoms with E-state index in [1.54, 1.807) is 13.8 Å². The van der Waals surface area contributed by atoms with Crippen LogP contribution in [0, 0.1) is 0 Å². The standard InChI is InChI=1S/C6H12O.C3H8O/c1-2-3-4-5-6-7;1-3(2)4/h2,7H,1,3-6H2;3-4H,1-2H3. The van der Waals surface area contributed by atoms with Gasteiger partial charge in [-0.1, -0.05) is 6.08 Å². The van der Waals surface area contributed by atoms with E-state index in [2.05, 4.69) is 6.58 Å². The first kappa shape index (κ1) is 13.3. The van der Waals surface area contributed by atoms with Crippen molar-refractivity contribution in [3.8, 4) is 0 Å². The number of allylic oxidation sites excluding steroid dienone is 1. The highest BCUT2D eigenvalue weighted by Gasteiger charge is 1.78. The Morgan fingerprint density at radius 1 is 1.36 bits per heavy atom. The summed E-state index contributed by atoms with van der Waals surface area (Å²) in [5, 5.41) is 16.3. The van der Waals surface area contributed by atoms with Crippen molar-refractivity contribution in [2.24, 2.45) is 0 Å². The molecule has 0 fully saturated rings. The molecule has 0 spiro atoms. The van der Waals surface area contributed by atoms with Gasteiger partial charge in [0, 0.05) is 12.7 Å². The van der Waals surface area contributed by atoms with Crippen LogP contribution >= 0.6 is 0 Å². The van der Waals surface area contributed by atoms with Crippen LogP contribution in [0.15, 0.2) is 12.7 Å². The Morgan fingerprint density at radius 2 is 1.82 bits per heavy atom. The predicted molar refractivity (Wildman–Crippen MR) is 48.5 cm³/mol. The van der Waals surface area contributed by atoms with Gasteiger partial charge in [-0.2, -0.15) is 0 Å². The molecular weight excluding hydrogens is 140 g/mol. The molecule has 0 aromatic carbocycles. The molecular formula is C9H20O2. The topological polar surface area (TPSA) is 40.5 Å². The van der Waals surface area contributed by atoms with Crippen LogP contribution in [-0.4, -0.2) is 22.9 Å². The zero-order valence-electron chi connectivity index (χ0n) is 7.58. The molecule has 2 N–H and O–H groups in total. The number of rotatable bonds is 4. The quantitative estimate of drug-likeness (QED) is 0.485. The minimum atomic E-state index is -0.167. The second-order valence-electron chi connectivity index (χ2n) is 2.60. The Bertz CT molecular complexity index is 67.2. The first-order chi connectivity index (χ1) is 5.15. The molecule has 0 aliphatic rings. The summed E-state index contributed by atoms with van der Waals surface area (Å²) in [6.45, 7) is 7.31. The van der Waals surface area contributed by atoms with Gasteiger partial charge in [0.15, 0.2) is 0 Å². The molecule has 0 unspecified atom stereocenters. The fraction of sp³-hybridized carbons (Fsp3) is 0.778. The van der Waals surface area contributed by atoms with Gasteiger partial charge < -0.3 is 10.2 Å². The molecule has 0 saturated heterocycles. The van der Waals surface area contributed by atoms with Crippen LogP contribution in [0.2, 0.25) is 0 Å². The number of aliphatic hydroxyl groups is 2. The van der Waals surface area contributed by atoms with Gasteiger partial charge in [0.2, 0.25) is 0 Å². The van der Waals surface area contributed by atoms with Crippen LogP contribution < -0.4 is 0 Å². The van der Waals surface area contributed by atoms with Gasteiger partial charge in [-0.3, -0.25) is 0 Å². The van der Waals surface area contributed by atoms with Gasteiger partial charge in [-0.15, -0.1) is 6.58 Å². The lowest BCUT2D eigenvalue weighted by Crippen LogP contribution is -1.85. The number of unbranched alkanes of at least 4 members (excludes halogenated alkanes) is 2.